The van der Waals surface area contributed by atoms with Gasteiger partial charge in [-0.05, 0) is 32.8 Å². The van der Waals surface area contributed by atoms with Gasteiger partial charge in [-0.1, -0.05) is 0 Å². The molecule has 0 aromatic carbocycles. The lowest BCUT2D eigenvalue weighted by molar-refractivity contribution is 0.241. The molecule has 1 aliphatic carbocycles. The molecular weight excluding hydrogens is 252 g/mol. The van der Waals surface area contributed by atoms with Crippen LogP contribution in [-0.2, 0) is 0 Å². The Balaban J connectivity index is 1.95. The lowest BCUT2D eigenvalue weighted by Crippen LogP contribution is -2.06. The first-order valence-corrected chi connectivity index (χ1v) is 6.88. The summed E-state index contributed by atoms with van der Waals surface area (Å²) in [4.78, 5) is 13.1. The van der Waals surface area contributed by atoms with Gasteiger partial charge in [0.05, 0.1) is 18.0 Å². The van der Waals surface area contributed by atoms with Crippen molar-refractivity contribution in [1.29, 1.82) is 0 Å². The Kier molecular flexibility index (Phi) is 3.26. The van der Waals surface area contributed by atoms with Gasteiger partial charge < -0.3 is 10.5 Å². The molecule has 104 valence electrons. The molecular formula is C15H18N4O. The number of ether oxygens (including phenoxy) is 1. The second-order valence-electron chi connectivity index (χ2n) is 5.39. The summed E-state index contributed by atoms with van der Waals surface area (Å²) in [7, 11) is 0. The van der Waals surface area contributed by atoms with E-state index in [0.717, 1.165) is 35.7 Å². The van der Waals surface area contributed by atoms with E-state index in [4.69, 9.17) is 10.5 Å². The summed E-state index contributed by atoms with van der Waals surface area (Å²) in [5.74, 6) is 2.56. The number of hydrogen-bond acceptors (Lipinski definition) is 5. The van der Waals surface area contributed by atoms with Gasteiger partial charge in [0.15, 0.2) is 0 Å². The molecule has 1 fully saturated rings. The lowest BCUT2D eigenvalue weighted by atomic mass is 10.2. The zero-order valence-corrected chi connectivity index (χ0v) is 11.7. The van der Waals surface area contributed by atoms with Crippen molar-refractivity contribution >= 4 is 5.82 Å². The van der Waals surface area contributed by atoms with Gasteiger partial charge in [-0.2, -0.15) is 0 Å². The summed E-state index contributed by atoms with van der Waals surface area (Å²) in [5, 5.41) is 0. The van der Waals surface area contributed by atoms with Crippen molar-refractivity contribution in [3.05, 3.63) is 30.4 Å². The van der Waals surface area contributed by atoms with Crippen molar-refractivity contribution in [3.8, 4) is 17.0 Å². The molecule has 0 amide bonds. The zero-order chi connectivity index (χ0) is 14.1. The predicted molar refractivity (Wildman–Crippen MR) is 77.4 cm³/mol. The van der Waals surface area contributed by atoms with E-state index in [2.05, 4.69) is 15.0 Å². The summed E-state index contributed by atoms with van der Waals surface area (Å²) in [6, 6.07) is 3.72. The predicted octanol–water partition coefficient (Wildman–Crippen LogP) is 2.79. The van der Waals surface area contributed by atoms with Gasteiger partial charge in [0.25, 0.3) is 0 Å². The van der Waals surface area contributed by atoms with Crippen LogP contribution in [0.2, 0.25) is 0 Å². The third kappa shape index (κ3) is 2.87. The lowest BCUT2D eigenvalue weighted by Gasteiger charge is -2.10. The van der Waals surface area contributed by atoms with Crippen LogP contribution in [-0.4, -0.2) is 21.1 Å². The second kappa shape index (κ2) is 5.07. The number of aromatic nitrogens is 3. The molecule has 0 spiro atoms. The molecule has 2 heterocycles. The summed E-state index contributed by atoms with van der Waals surface area (Å²) < 4.78 is 5.66. The van der Waals surface area contributed by atoms with Gasteiger partial charge in [-0.3, -0.25) is 4.98 Å². The maximum absolute atomic E-state index is 5.88. The van der Waals surface area contributed by atoms with Crippen LogP contribution < -0.4 is 10.5 Å². The van der Waals surface area contributed by atoms with E-state index in [1.54, 1.807) is 18.5 Å². The maximum atomic E-state index is 5.88. The smallest absolute Gasteiger partial charge is 0.138 e. The van der Waals surface area contributed by atoms with Crippen LogP contribution in [0.4, 0.5) is 5.82 Å². The van der Waals surface area contributed by atoms with Gasteiger partial charge >= 0.3 is 0 Å². The molecule has 3 rings (SSSR count). The van der Waals surface area contributed by atoms with E-state index in [1.165, 1.54) is 0 Å². The van der Waals surface area contributed by atoms with E-state index in [1.807, 2.05) is 19.9 Å². The number of nitrogens with zero attached hydrogens (tertiary/aromatic N) is 3. The Labute approximate surface area is 118 Å². The molecule has 0 unspecified atom stereocenters. The molecule has 1 saturated carbocycles. The highest BCUT2D eigenvalue weighted by Gasteiger charge is 2.27. The van der Waals surface area contributed by atoms with Gasteiger partial charge in [0.2, 0.25) is 0 Å². The second-order valence-corrected chi connectivity index (χ2v) is 5.39. The van der Waals surface area contributed by atoms with E-state index in [9.17, 15) is 0 Å². The molecule has 2 N–H and O–H groups in total. The first-order valence-electron chi connectivity index (χ1n) is 6.88. The maximum Gasteiger partial charge on any atom is 0.138 e. The van der Waals surface area contributed by atoms with Crippen LogP contribution >= 0.6 is 0 Å². The first kappa shape index (κ1) is 12.8. The molecule has 0 atom stereocenters. The number of nitrogens with two attached hydrogens (primary N) is 1. The van der Waals surface area contributed by atoms with Crippen molar-refractivity contribution < 1.29 is 4.74 Å². The number of nitrogen functional groups attached to an aromatic ring is 1. The van der Waals surface area contributed by atoms with Gasteiger partial charge in [-0.15, -0.1) is 0 Å². The molecule has 2 aromatic heterocycles. The van der Waals surface area contributed by atoms with Crippen molar-refractivity contribution in [2.24, 2.45) is 0 Å². The third-order valence-corrected chi connectivity index (χ3v) is 3.09. The minimum absolute atomic E-state index is 0.115. The summed E-state index contributed by atoms with van der Waals surface area (Å²) in [6.45, 7) is 3.97. The average Bonchev–Trinajstić information content (AvgIpc) is 3.22. The minimum Gasteiger partial charge on any atom is -0.489 e. The van der Waals surface area contributed by atoms with Crippen LogP contribution in [0.15, 0.2) is 24.5 Å². The van der Waals surface area contributed by atoms with Crippen molar-refractivity contribution in [1.82, 2.24) is 15.0 Å². The molecule has 0 radical (unpaired) electrons. The van der Waals surface area contributed by atoms with Crippen LogP contribution in [0.5, 0.6) is 5.75 Å². The Bertz CT molecular complexity index is 623. The number of anilines is 1. The monoisotopic (exact) mass is 270 g/mol. The number of hydrogen-bond donors (Lipinski definition) is 1. The Morgan fingerprint density at radius 3 is 2.70 bits per heavy atom. The molecule has 1 aliphatic rings. The summed E-state index contributed by atoms with van der Waals surface area (Å²) >= 11 is 0. The minimum atomic E-state index is 0.115. The number of rotatable bonds is 4. The third-order valence-electron chi connectivity index (χ3n) is 3.09. The summed E-state index contributed by atoms with van der Waals surface area (Å²) in [5.41, 5.74) is 7.59. The zero-order valence-electron chi connectivity index (χ0n) is 11.7. The van der Waals surface area contributed by atoms with Crippen molar-refractivity contribution in [2.45, 2.75) is 38.7 Å². The average molecular weight is 270 g/mol. The molecule has 2 aromatic rings. The van der Waals surface area contributed by atoms with Crippen LogP contribution in [0.3, 0.4) is 0 Å². The van der Waals surface area contributed by atoms with Crippen LogP contribution in [0.25, 0.3) is 11.3 Å². The summed E-state index contributed by atoms with van der Waals surface area (Å²) in [6.07, 6.45) is 5.89. The Morgan fingerprint density at radius 2 is 2.00 bits per heavy atom. The Morgan fingerprint density at radius 1 is 1.20 bits per heavy atom. The van der Waals surface area contributed by atoms with E-state index < -0.39 is 0 Å². The van der Waals surface area contributed by atoms with Crippen LogP contribution in [0.1, 0.15) is 38.4 Å². The highest BCUT2D eigenvalue weighted by atomic mass is 16.5. The standard InChI is InChI=1S/C15H18N4O/c1-9(2)20-12-5-11(7-17-8-12)13-6-14(16)19-15(18-13)10-3-4-10/h5-10H,3-4H2,1-2H3,(H2,16,18,19). The SMILES string of the molecule is CC(C)Oc1cncc(-c2cc(N)nc(C3CC3)n2)c1. The van der Waals surface area contributed by atoms with Gasteiger partial charge in [-0.25, -0.2) is 9.97 Å². The van der Waals surface area contributed by atoms with Crippen LogP contribution in [0, 0.1) is 0 Å². The highest BCUT2D eigenvalue weighted by molar-refractivity contribution is 5.62. The normalized spacial score (nSPS) is 14.6. The van der Waals surface area contributed by atoms with E-state index >= 15 is 0 Å². The molecule has 5 heteroatoms. The molecule has 0 saturated heterocycles. The van der Waals surface area contributed by atoms with E-state index in [0.29, 0.717) is 11.7 Å². The quantitative estimate of drug-likeness (QED) is 0.924. The van der Waals surface area contributed by atoms with Gasteiger partial charge in [0.1, 0.15) is 17.4 Å². The topological polar surface area (TPSA) is 73.9 Å². The molecule has 5 nitrogen and oxygen atoms in total. The van der Waals surface area contributed by atoms with E-state index in [-0.39, 0.29) is 6.10 Å². The van der Waals surface area contributed by atoms with Gasteiger partial charge in [0, 0.05) is 23.7 Å². The largest absolute Gasteiger partial charge is 0.489 e. The fourth-order valence-electron chi connectivity index (χ4n) is 2.05. The fraction of sp³-hybridized carbons (Fsp3) is 0.400. The van der Waals surface area contributed by atoms with Crippen molar-refractivity contribution in [2.75, 3.05) is 5.73 Å². The fourth-order valence-corrected chi connectivity index (χ4v) is 2.05. The molecule has 0 aliphatic heterocycles. The highest BCUT2D eigenvalue weighted by Crippen LogP contribution is 2.39. The number of pyridine rings is 1. The Hall–Kier alpha value is -2.17. The first-order chi connectivity index (χ1) is 9.61. The molecule has 20 heavy (non-hydrogen) atoms. The molecule has 0 bridgehead atoms. The van der Waals surface area contributed by atoms with Crippen molar-refractivity contribution in [3.63, 3.8) is 0 Å².